The molecule has 0 bridgehead atoms. The van der Waals surface area contributed by atoms with Gasteiger partial charge in [-0.2, -0.15) is 0 Å². The molecule has 2 N–H and O–H groups in total. The Balaban J connectivity index is 0.00000180. The zero-order chi connectivity index (χ0) is 13.2. The van der Waals surface area contributed by atoms with Gasteiger partial charge in [-0.05, 0) is 38.6 Å². The van der Waals surface area contributed by atoms with Crippen molar-refractivity contribution in [1.82, 2.24) is 15.6 Å². The second-order valence-electron chi connectivity index (χ2n) is 5.42. The Morgan fingerprint density at radius 2 is 2.15 bits per heavy atom. The molecule has 1 amide bonds. The van der Waals surface area contributed by atoms with Gasteiger partial charge < -0.3 is 10.6 Å². The summed E-state index contributed by atoms with van der Waals surface area (Å²) >= 11 is 1.47. The molecule has 1 unspecified atom stereocenters. The number of nitrogens with one attached hydrogen (secondary N) is 2. The van der Waals surface area contributed by atoms with Crippen LogP contribution >= 0.6 is 36.2 Å². The third kappa shape index (κ3) is 4.88. The summed E-state index contributed by atoms with van der Waals surface area (Å²) < 4.78 is 0. The van der Waals surface area contributed by atoms with Gasteiger partial charge in [0.25, 0.3) is 5.91 Å². The molecule has 7 heteroatoms. The fraction of sp³-hybridized carbons (Fsp3) is 0.692. The monoisotopic (exact) mass is 339 g/mol. The first-order valence-corrected chi connectivity index (χ1v) is 7.25. The number of hydrogen-bond donors (Lipinski definition) is 2. The minimum atomic E-state index is 0. The number of aromatic nitrogens is 1. The molecule has 20 heavy (non-hydrogen) atoms. The first kappa shape index (κ1) is 19.6. The lowest BCUT2D eigenvalue weighted by atomic mass is 9.83. The average molecular weight is 340 g/mol. The van der Waals surface area contributed by atoms with Crippen LogP contribution in [-0.4, -0.2) is 30.5 Å². The summed E-state index contributed by atoms with van der Waals surface area (Å²) in [6.07, 6.45) is 2.35. The molecule has 2 heterocycles. The number of thiazole rings is 1. The van der Waals surface area contributed by atoms with E-state index in [0.29, 0.717) is 0 Å². The van der Waals surface area contributed by atoms with Crippen molar-refractivity contribution in [2.45, 2.75) is 33.6 Å². The van der Waals surface area contributed by atoms with Crippen LogP contribution in [0.2, 0.25) is 0 Å². The first-order chi connectivity index (χ1) is 8.50. The highest BCUT2D eigenvalue weighted by Crippen LogP contribution is 2.24. The Bertz CT molecular complexity index is 445. The standard InChI is InChI=1S/C13H21N3OS.2ClH/c1-9-11(18-10(2)16-9)12(17)15-8-13(3)5-4-6-14-7-13;;/h14H,4-8H2,1-3H3,(H,15,17);2*1H. The number of carbonyl (C=O) groups is 1. The number of aryl methyl sites for hydroxylation is 2. The van der Waals surface area contributed by atoms with Gasteiger partial charge in [0.2, 0.25) is 0 Å². The predicted octanol–water partition coefficient (Wildman–Crippen LogP) is 2.72. The lowest BCUT2D eigenvalue weighted by Crippen LogP contribution is -2.45. The summed E-state index contributed by atoms with van der Waals surface area (Å²) in [5, 5.41) is 7.40. The highest BCUT2D eigenvalue weighted by atomic mass is 35.5. The summed E-state index contributed by atoms with van der Waals surface area (Å²) in [5.74, 6) is 0.0184. The highest BCUT2D eigenvalue weighted by molar-refractivity contribution is 7.13. The molecule has 0 aromatic carbocycles. The van der Waals surface area contributed by atoms with Crippen molar-refractivity contribution in [3.8, 4) is 0 Å². The average Bonchev–Trinajstić information content (AvgIpc) is 2.67. The fourth-order valence-electron chi connectivity index (χ4n) is 2.39. The number of piperidine rings is 1. The van der Waals surface area contributed by atoms with Gasteiger partial charge in [-0.3, -0.25) is 4.79 Å². The van der Waals surface area contributed by atoms with Gasteiger partial charge >= 0.3 is 0 Å². The highest BCUT2D eigenvalue weighted by Gasteiger charge is 2.27. The smallest absolute Gasteiger partial charge is 0.263 e. The molecule has 1 aliphatic rings. The maximum Gasteiger partial charge on any atom is 0.263 e. The Labute approximate surface area is 137 Å². The maximum atomic E-state index is 12.1. The molecular weight excluding hydrogens is 317 g/mol. The van der Waals surface area contributed by atoms with Crippen LogP contribution in [0.5, 0.6) is 0 Å². The summed E-state index contributed by atoms with van der Waals surface area (Å²) in [6.45, 7) is 8.85. The van der Waals surface area contributed by atoms with E-state index < -0.39 is 0 Å². The number of amides is 1. The van der Waals surface area contributed by atoms with E-state index in [0.717, 1.165) is 35.2 Å². The van der Waals surface area contributed by atoms with Gasteiger partial charge in [0.1, 0.15) is 4.88 Å². The van der Waals surface area contributed by atoms with Crippen molar-refractivity contribution in [2.75, 3.05) is 19.6 Å². The topological polar surface area (TPSA) is 54.0 Å². The van der Waals surface area contributed by atoms with E-state index in [1.807, 2.05) is 13.8 Å². The third-order valence-corrected chi connectivity index (χ3v) is 4.54. The van der Waals surface area contributed by atoms with E-state index >= 15 is 0 Å². The molecule has 0 radical (unpaired) electrons. The van der Waals surface area contributed by atoms with E-state index in [4.69, 9.17) is 0 Å². The second kappa shape index (κ2) is 8.17. The number of nitrogens with zero attached hydrogens (tertiary/aromatic N) is 1. The van der Waals surface area contributed by atoms with Crippen molar-refractivity contribution >= 4 is 42.1 Å². The predicted molar refractivity (Wildman–Crippen MR) is 88.6 cm³/mol. The molecule has 1 aromatic heterocycles. The molecule has 1 fully saturated rings. The van der Waals surface area contributed by atoms with Gasteiger partial charge in [0.05, 0.1) is 10.7 Å². The van der Waals surface area contributed by atoms with E-state index in [1.54, 1.807) is 0 Å². The molecule has 0 aliphatic carbocycles. The van der Waals surface area contributed by atoms with Crippen LogP contribution in [0.4, 0.5) is 0 Å². The number of carbonyl (C=O) groups excluding carboxylic acids is 1. The zero-order valence-electron chi connectivity index (χ0n) is 12.1. The summed E-state index contributed by atoms with van der Waals surface area (Å²) in [4.78, 5) is 17.1. The Morgan fingerprint density at radius 3 is 2.65 bits per heavy atom. The molecule has 1 aliphatic heterocycles. The summed E-state index contributed by atoms with van der Waals surface area (Å²) in [6, 6.07) is 0. The van der Waals surface area contributed by atoms with E-state index in [9.17, 15) is 4.79 Å². The molecular formula is C13H23Cl2N3OS. The molecule has 1 atom stereocenters. The first-order valence-electron chi connectivity index (χ1n) is 6.43. The van der Waals surface area contributed by atoms with Gasteiger partial charge in [0.15, 0.2) is 0 Å². The van der Waals surface area contributed by atoms with Gasteiger partial charge in [-0.1, -0.05) is 6.92 Å². The Hall–Kier alpha value is -0.360. The van der Waals surface area contributed by atoms with Crippen LogP contribution in [0.15, 0.2) is 0 Å². The van der Waals surface area contributed by atoms with Crippen LogP contribution in [0.1, 0.15) is 40.1 Å². The molecule has 0 saturated carbocycles. The normalized spacial score (nSPS) is 21.6. The van der Waals surface area contributed by atoms with Crippen molar-refractivity contribution in [3.63, 3.8) is 0 Å². The Morgan fingerprint density at radius 1 is 1.45 bits per heavy atom. The lowest BCUT2D eigenvalue weighted by molar-refractivity contribution is 0.0928. The van der Waals surface area contributed by atoms with E-state index in [1.165, 1.54) is 24.2 Å². The molecule has 116 valence electrons. The van der Waals surface area contributed by atoms with Crippen LogP contribution in [-0.2, 0) is 0 Å². The summed E-state index contributed by atoms with van der Waals surface area (Å²) in [5.41, 5.74) is 1.02. The number of halogens is 2. The SMILES string of the molecule is Cc1nc(C)c(C(=O)NCC2(C)CCCNC2)s1.Cl.Cl. The minimum absolute atomic E-state index is 0. The molecule has 2 rings (SSSR count). The van der Waals surface area contributed by atoms with E-state index in [2.05, 4.69) is 22.5 Å². The minimum Gasteiger partial charge on any atom is -0.351 e. The van der Waals surface area contributed by atoms with Gasteiger partial charge in [0, 0.05) is 13.1 Å². The second-order valence-corrected chi connectivity index (χ2v) is 6.62. The maximum absolute atomic E-state index is 12.1. The quantitative estimate of drug-likeness (QED) is 0.890. The number of hydrogen-bond acceptors (Lipinski definition) is 4. The van der Waals surface area contributed by atoms with Crippen molar-refractivity contribution < 1.29 is 4.79 Å². The molecule has 1 aromatic rings. The molecule has 4 nitrogen and oxygen atoms in total. The molecule has 0 spiro atoms. The van der Waals surface area contributed by atoms with Gasteiger partial charge in [-0.15, -0.1) is 36.2 Å². The van der Waals surface area contributed by atoms with Crippen LogP contribution < -0.4 is 10.6 Å². The van der Waals surface area contributed by atoms with Crippen molar-refractivity contribution in [3.05, 3.63) is 15.6 Å². The Kier molecular flexibility index (Phi) is 8.03. The molecule has 1 saturated heterocycles. The van der Waals surface area contributed by atoms with Crippen LogP contribution in [0, 0.1) is 19.3 Å². The third-order valence-electron chi connectivity index (χ3n) is 3.47. The van der Waals surface area contributed by atoms with Crippen LogP contribution in [0.25, 0.3) is 0 Å². The van der Waals surface area contributed by atoms with E-state index in [-0.39, 0.29) is 36.1 Å². The zero-order valence-corrected chi connectivity index (χ0v) is 14.6. The van der Waals surface area contributed by atoms with Crippen molar-refractivity contribution in [1.29, 1.82) is 0 Å². The lowest BCUT2D eigenvalue weighted by Gasteiger charge is -2.34. The van der Waals surface area contributed by atoms with Crippen molar-refractivity contribution in [2.24, 2.45) is 5.41 Å². The van der Waals surface area contributed by atoms with Crippen LogP contribution in [0.3, 0.4) is 0 Å². The summed E-state index contributed by atoms with van der Waals surface area (Å²) in [7, 11) is 0. The number of rotatable bonds is 3. The fourth-order valence-corrected chi connectivity index (χ4v) is 3.22. The largest absolute Gasteiger partial charge is 0.351 e. The van der Waals surface area contributed by atoms with Gasteiger partial charge in [-0.25, -0.2) is 4.98 Å².